The molecule has 1 atom stereocenters. The van der Waals surface area contributed by atoms with Gasteiger partial charge in [0.25, 0.3) is 0 Å². The minimum Gasteiger partial charge on any atom is -0.316 e. The van der Waals surface area contributed by atoms with Gasteiger partial charge in [0.2, 0.25) is 0 Å². The molecule has 2 rings (SSSR count). The summed E-state index contributed by atoms with van der Waals surface area (Å²) in [6.07, 6.45) is 0.584. The Morgan fingerprint density at radius 3 is 2.67 bits per heavy atom. The van der Waals surface area contributed by atoms with E-state index in [1.54, 1.807) is 23.9 Å². The standard InChI is InChI=1S/C17H19ClFNS/c1-12-5-3-6-14(9-12)21-11-13(20-2)10-15-16(18)7-4-8-17(15)19/h3-9,13,20H,10-11H2,1-2H3. The first-order valence-corrected chi connectivity index (χ1v) is 8.26. The minimum atomic E-state index is -0.233. The molecule has 1 N–H and O–H groups in total. The largest absolute Gasteiger partial charge is 0.316 e. The fraction of sp³-hybridized carbons (Fsp3) is 0.294. The molecule has 0 radical (unpaired) electrons. The van der Waals surface area contributed by atoms with Crippen LogP contribution in [0.25, 0.3) is 0 Å². The van der Waals surface area contributed by atoms with Gasteiger partial charge >= 0.3 is 0 Å². The van der Waals surface area contributed by atoms with E-state index in [9.17, 15) is 4.39 Å². The topological polar surface area (TPSA) is 12.0 Å². The van der Waals surface area contributed by atoms with E-state index in [1.807, 2.05) is 7.05 Å². The van der Waals surface area contributed by atoms with Crippen molar-refractivity contribution in [1.29, 1.82) is 0 Å². The number of halogens is 2. The molecule has 2 aromatic carbocycles. The summed E-state index contributed by atoms with van der Waals surface area (Å²) in [4.78, 5) is 1.23. The molecule has 4 heteroatoms. The second-order valence-corrected chi connectivity index (χ2v) is 6.52. The van der Waals surface area contributed by atoms with Crippen molar-refractivity contribution in [3.05, 3.63) is 64.4 Å². The Balaban J connectivity index is 2.00. The number of benzene rings is 2. The summed E-state index contributed by atoms with van der Waals surface area (Å²) in [6, 6.07) is 13.4. The lowest BCUT2D eigenvalue weighted by molar-refractivity contribution is 0.568. The maximum absolute atomic E-state index is 13.8. The molecule has 112 valence electrons. The maximum atomic E-state index is 13.8. The molecule has 0 aliphatic heterocycles. The predicted octanol–water partition coefficient (Wildman–Crippen LogP) is 4.71. The number of rotatable bonds is 6. The molecule has 0 aromatic heterocycles. The van der Waals surface area contributed by atoms with Crippen LogP contribution >= 0.6 is 23.4 Å². The van der Waals surface area contributed by atoms with Crippen molar-refractivity contribution in [2.45, 2.75) is 24.3 Å². The van der Waals surface area contributed by atoms with Gasteiger partial charge in [0.05, 0.1) is 0 Å². The van der Waals surface area contributed by atoms with Gasteiger partial charge in [0, 0.05) is 27.3 Å². The summed E-state index contributed by atoms with van der Waals surface area (Å²) in [5.74, 6) is 0.633. The zero-order valence-corrected chi connectivity index (χ0v) is 13.8. The van der Waals surface area contributed by atoms with E-state index in [0.29, 0.717) is 17.0 Å². The van der Waals surface area contributed by atoms with E-state index in [-0.39, 0.29) is 11.9 Å². The predicted molar refractivity (Wildman–Crippen MR) is 89.9 cm³/mol. The van der Waals surface area contributed by atoms with E-state index < -0.39 is 0 Å². The molecule has 0 saturated carbocycles. The molecular weight excluding hydrogens is 305 g/mol. The van der Waals surface area contributed by atoms with Crippen molar-refractivity contribution in [1.82, 2.24) is 5.32 Å². The second kappa shape index (κ2) is 7.83. The summed E-state index contributed by atoms with van der Waals surface area (Å²) in [5.41, 5.74) is 1.83. The Kier molecular flexibility index (Phi) is 6.09. The van der Waals surface area contributed by atoms with Gasteiger partial charge in [-0.1, -0.05) is 35.4 Å². The number of aryl methyl sites for hydroxylation is 1. The highest BCUT2D eigenvalue weighted by Gasteiger charge is 2.14. The smallest absolute Gasteiger partial charge is 0.127 e. The van der Waals surface area contributed by atoms with Gasteiger partial charge in [0.15, 0.2) is 0 Å². The highest BCUT2D eigenvalue weighted by molar-refractivity contribution is 7.99. The van der Waals surface area contributed by atoms with Crippen molar-refractivity contribution in [2.24, 2.45) is 0 Å². The Hall–Kier alpha value is -1.03. The highest BCUT2D eigenvalue weighted by atomic mass is 35.5. The molecule has 0 aliphatic rings. The lowest BCUT2D eigenvalue weighted by Gasteiger charge is -2.17. The Morgan fingerprint density at radius 1 is 1.24 bits per heavy atom. The summed E-state index contributed by atoms with van der Waals surface area (Å²) < 4.78 is 13.8. The van der Waals surface area contributed by atoms with Crippen LogP contribution in [0.4, 0.5) is 4.39 Å². The Morgan fingerprint density at radius 2 is 2.00 bits per heavy atom. The van der Waals surface area contributed by atoms with Gasteiger partial charge in [-0.2, -0.15) is 0 Å². The van der Waals surface area contributed by atoms with Crippen molar-refractivity contribution in [2.75, 3.05) is 12.8 Å². The summed E-state index contributed by atoms with van der Waals surface area (Å²) >= 11 is 7.86. The van der Waals surface area contributed by atoms with E-state index in [0.717, 1.165) is 5.75 Å². The number of hydrogen-bond acceptors (Lipinski definition) is 2. The Labute approximate surface area is 134 Å². The first-order valence-electron chi connectivity index (χ1n) is 6.89. The number of hydrogen-bond donors (Lipinski definition) is 1. The summed E-state index contributed by atoms with van der Waals surface area (Å²) in [6.45, 7) is 2.08. The van der Waals surface area contributed by atoms with E-state index in [4.69, 9.17) is 11.6 Å². The molecule has 0 heterocycles. The molecule has 0 bridgehead atoms. The van der Waals surface area contributed by atoms with Crippen LogP contribution in [-0.2, 0) is 6.42 Å². The van der Waals surface area contributed by atoms with E-state index in [1.165, 1.54) is 16.5 Å². The lowest BCUT2D eigenvalue weighted by Crippen LogP contribution is -2.30. The third kappa shape index (κ3) is 4.73. The SMILES string of the molecule is CNC(CSc1cccc(C)c1)Cc1c(F)cccc1Cl. The quantitative estimate of drug-likeness (QED) is 0.773. The second-order valence-electron chi connectivity index (χ2n) is 5.02. The molecule has 21 heavy (non-hydrogen) atoms. The normalized spacial score (nSPS) is 12.4. The zero-order valence-electron chi connectivity index (χ0n) is 12.2. The molecule has 0 aliphatic carbocycles. The van der Waals surface area contributed by atoms with Crippen molar-refractivity contribution in [3.8, 4) is 0 Å². The van der Waals surface area contributed by atoms with Crippen molar-refractivity contribution < 1.29 is 4.39 Å². The van der Waals surface area contributed by atoms with Gasteiger partial charge in [-0.15, -0.1) is 11.8 Å². The average molecular weight is 324 g/mol. The average Bonchev–Trinajstić information content (AvgIpc) is 2.46. The summed E-state index contributed by atoms with van der Waals surface area (Å²) in [7, 11) is 1.90. The van der Waals surface area contributed by atoms with Crippen LogP contribution in [0.5, 0.6) is 0 Å². The molecule has 2 aromatic rings. The van der Waals surface area contributed by atoms with Crippen LogP contribution in [0, 0.1) is 12.7 Å². The van der Waals surface area contributed by atoms with Crippen LogP contribution in [-0.4, -0.2) is 18.8 Å². The fourth-order valence-corrected chi connectivity index (χ4v) is 3.48. The molecule has 0 amide bonds. The van der Waals surface area contributed by atoms with Crippen molar-refractivity contribution >= 4 is 23.4 Å². The number of thioether (sulfide) groups is 1. The fourth-order valence-electron chi connectivity index (χ4n) is 2.12. The summed E-state index contributed by atoms with van der Waals surface area (Å²) in [5, 5.41) is 3.74. The number of likely N-dealkylation sites (N-methyl/N-ethyl adjacent to an activating group) is 1. The molecule has 1 unspecified atom stereocenters. The molecule has 0 fully saturated rings. The third-order valence-corrected chi connectivity index (χ3v) is 4.87. The van der Waals surface area contributed by atoms with Gasteiger partial charge in [0.1, 0.15) is 5.82 Å². The first kappa shape index (κ1) is 16.3. The van der Waals surface area contributed by atoms with Crippen LogP contribution in [0.2, 0.25) is 5.02 Å². The highest BCUT2D eigenvalue weighted by Crippen LogP contribution is 2.24. The van der Waals surface area contributed by atoms with Gasteiger partial charge in [-0.25, -0.2) is 4.39 Å². The minimum absolute atomic E-state index is 0.171. The van der Waals surface area contributed by atoms with E-state index >= 15 is 0 Å². The van der Waals surface area contributed by atoms with Crippen molar-refractivity contribution in [3.63, 3.8) is 0 Å². The Bertz CT molecular complexity index is 583. The lowest BCUT2D eigenvalue weighted by atomic mass is 10.1. The maximum Gasteiger partial charge on any atom is 0.127 e. The molecule has 0 saturated heterocycles. The van der Waals surface area contributed by atoms with Gasteiger partial charge in [-0.3, -0.25) is 0 Å². The van der Waals surface area contributed by atoms with E-state index in [2.05, 4.69) is 36.5 Å². The zero-order chi connectivity index (χ0) is 15.2. The number of nitrogens with one attached hydrogen (secondary N) is 1. The van der Waals surface area contributed by atoms with Crippen LogP contribution in [0.1, 0.15) is 11.1 Å². The van der Waals surface area contributed by atoms with Gasteiger partial charge in [-0.05, 0) is 44.7 Å². The first-order chi connectivity index (χ1) is 10.1. The molecular formula is C17H19ClFNS. The van der Waals surface area contributed by atoms with Gasteiger partial charge < -0.3 is 5.32 Å². The van der Waals surface area contributed by atoms with Crippen LogP contribution in [0.15, 0.2) is 47.4 Å². The van der Waals surface area contributed by atoms with Crippen LogP contribution < -0.4 is 5.32 Å². The van der Waals surface area contributed by atoms with Crippen LogP contribution in [0.3, 0.4) is 0 Å². The molecule has 1 nitrogen and oxygen atoms in total. The molecule has 0 spiro atoms. The third-order valence-electron chi connectivity index (χ3n) is 3.36. The monoisotopic (exact) mass is 323 g/mol.